The first-order chi connectivity index (χ1) is 22.6. The fraction of sp³-hybridized carbons (Fsp3) is 0.444. The molecule has 11 heteroatoms. The number of likely N-dealkylation sites (tertiary alicyclic amines) is 1. The van der Waals surface area contributed by atoms with Crippen LogP contribution < -0.4 is 21.5 Å². The van der Waals surface area contributed by atoms with Gasteiger partial charge in [0.25, 0.3) is 11.5 Å². The second kappa shape index (κ2) is 13.2. The second-order valence-electron chi connectivity index (χ2n) is 12.8. The lowest BCUT2D eigenvalue weighted by atomic mass is 9.95. The molecule has 11 nitrogen and oxygen atoms in total. The standard InChI is InChI=1S/C36H43N7O4/c1-6-42(27-9-13-47-14-10-27)32-18-26(16-29(24(32)4)34(44)38-19-30-22(2)15-23(3)39-35(30)45)25-7-8-31-33(17-25)40(5)36(46)43(31)28-20-41(21-28)12-11-37/h7-8,15-18,27-28H,6,9-10,12-14,19-21H2,1-5H3,(H,38,44)(H,39,45). The van der Waals surface area contributed by atoms with Gasteiger partial charge in [0.1, 0.15) is 0 Å². The average molecular weight is 638 g/mol. The Kier molecular flexibility index (Phi) is 9.08. The summed E-state index contributed by atoms with van der Waals surface area (Å²) in [6, 6.07) is 14.5. The minimum atomic E-state index is -0.250. The van der Waals surface area contributed by atoms with Crippen molar-refractivity contribution in [1.29, 1.82) is 5.26 Å². The van der Waals surface area contributed by atoms with E-state index in [-0.39, 0.29) is 35.8 Å². The van der Waals surface area contributed by atoms with Gasteiger partial charge in [-0.25, -0.2) is 4.79 Å². The van der Waals surface area contributed by atoms with Crippen LogP contribution >= 0.6 is 0 Å². The molecule has 0 radical (unpaired) electrons. The number of rotatable bonds is 9. The van der Waals surface area contributed by atoms with Crippen LogP contribution in [0, 0.1) is 32.1 Å². The van der Waals surface area contributed by atoms with E-state index in [0.717, 1.165) is 64.1 Å². The highest BCUT2D eigenvalue weighted by Crippen LogP contribution is 2.35. The molecule has 47 heavy (non-hydrogen) atoms. The molecule has 6 rings (SSSR count). The summed E-state index contributed by atoms with van der Waals surface area (Å²) in [6.07, 6.45) is 1.81. The Balaban J connectivity index is 1.40. The molecule has 2 aromatic carbocycles. The Hall–Kier alpha value is -4.66. The second-order valence-corrected chi connectivity index (χ2v) is 12.8. The quantitative estimate of drug-likeness (QED) is 0.266. The van der Waals surface area contributed by atoms with Crippen molar-refractivity contribution in [3.8, 4) is 17.2 Å². The number of carbonyl (C=O) groups excluding carboxylic acids is 1. The lowest BCUT2D eigenvalue weighted by molar-refractivity contribution is 0.0846. The van der Waals surface area contributed by atoms with E-state index in [1.165, 1.54) is 0 Å². The topological polar surface area (TPSA) is 128 Å². The van der Waals surface area contributed by atoms with Crippen LogP contribution in [-0.4, -0.2) is 70.4 Å². The van der Waals surface area contributed by atoms with Crippen molar-refractivity contribution in [2.75, 3.05) is 44.3 Å². The maximum absolute atomic E-state index is 13.9. The van der Waals surface area contributed by atoms with Gasteiger partial charge in [-0.15, -0.1) is 0 Å². The first-order valence-electron chi connectivity index (χ1n) is 16.4. The number of pyridine rings is 1. The molecular formula is C36H43N7O4. The van der Waals surface area contributed by atoms with Gasteiger partial charge in [-0.2, -0.15) is 5.26 Å². The van der Waals surface area contributed by atoms with Crippen LogP contribution in [0.5, 0.6) is 0 Å². The molecule has 4 aromatic rings. The molecule has 2 N–H and O–H groups in total. The third-order valence-electron chi connectivity index (χ3n) is 9.85. The summed E-state index contributed by atoms with van der Waals surface area (Å²) >= 11 is 0. The molecule has 2 fully saturated rings. The SMILES string of the molecule is CCN(c1cc(-c2ccc3c(c2)n(C)c(=O)n3C2CN(CC#N)C2)cc(C(=O)NCc2c(C)cc(C)[nH]c2=O)c1C)C1CCOCC1. The Bertz CT molecular complexity index is 1990. The van der Waals surface area contributed by atoms with Crippen molar-refractivity contribution in [1.82, 2.24) is 24.3 Å². The maximum Gasteiger partial charge on any atom is 0.329 e. The predicted octanol–water partition coefficient (Wildman–Crippen LogP) is 3.94. The predicted molar refractivity (Wildman–Crippen MR) is 183 cm³/mol. The highest BCUT2D eigenvalue weighted by molar-refractivity contribution is 5.99. The minimum Gasteiger partial charge on any atom is -0.381 e. The number of amides is 1. The number of aryl methyl sites for hydroxylation is 3. The van der Waals surface area contributed by atoms with Crippen molar-refractivity contribution in [2.45, 2.75) is 59.2 Å². The van der Waals surface area contributed by atoms with Crippen LogP contribution in [0.15, 0.2) is 46.0 Å². The fourth-order valence-corrected chi connectivity index (χ4v) is 7.22. The normalized spacial score (nSPS) is 15.8. The van der Waals surface area contributed by atoms with Crippen LogP contribution in [0.3, 0.4) is 0 Å². The van der Waals surface area contributed by atoms with Crippen LogP contribution in [-0.2, 0) is 18.3 Å². The lowest BCUT2D eigenvalue weighted by Crippen LogP contribution is -2.50. The first kappa shape index (κ1) is 32.3. The van der Waals surface area contributed by atoms with Gasteiger partial charge in [-0.1, -0.05) is 6.07 Å². The third-order valence-corrected chi connectivity index (χ3v) is 9.85. The van der Waals surface area contributed by atoms with Crippen LogP contribution in [0.1, 0.15) is 58.5 Å². The number of H-pyrrole nitrogens is 1. The van der Waals surface area contributed by atoms with E-state index in [4.69, 9.17) is 10.00 Å². The van der Waals surface area contributed by atoms with Gasteiger partial charge in [0, 0.05) is 75.0 Å². The number of aromatic nitrogens is 3. The summed E-state index contributed by atoms with van der Waals surface area (Å²) in [5.74, 6) is -0.250. The fourth-order valence-electron chi connectivity index (χ4n) is 7.22. The van der Waals surface area contributed by atoms with Crippen molar-refractivity contribution < 1.29 is 9.53 Å². The number of imidazole rings is 1. The highest BCUT2D eigenvalue weighted by atomic mass is 16.5. The van der Waals surface area contributed by atoms with Gasteiger partial charge in [0.15, 0.2) is 0 Å². The number of nitrogens with one attached hydrogen (secondary N) is 2. The van der Waals surface area contributed by atoms with Crippen molar-refractivity contribution >= 4 is 22.6 Å². The van der Waals surface area contributed by atoms with E-state index in [1.54, 1.807) is 11.6 Å². The van der Waals surface area contributed by atoms with Crippen molar-refractivity contribution in [2.24, 2.45) is 7.05 Å². The van der Waals surface area contributed by atoms with E-state index < -0.39 is 0 Å². The molecule has 0 spiro atoms. The number of nitrogens with zero attached hydrogens (tertiary/aromatic N) is 5. The largest absolute Gasteiger partial charge is 0.381 e. The number of anilines is 1. The van der Waals surface area contributed by atoms with E-state index >= 15 is 0 Å². The highest BCUT2D eigenvalue weighted by Gasteiger charge is 2.31. The number of hydrogen-bond donors (Lipinski definition) is 2. The number of carbonyl (C=O) groups is 1. The molecule has 0 aliphatic carbocycles. The third kappa shape index (κ3) is 6.11. The maximum atomic E-state index is 13.9. The zero-order valence-corrected chi connectivity index (χ0v) is 27.9. The van der Waals surface area contributed by atoms with Gasteiger partial charge in [-0.3, -0.25) is 23.6 Å². The summed E-state index contributed by atoms with van der Waals surface area (Å²) in [5, 5.41) is 12.1. The monoisotopic (exact) mass is 637 g/mol. The average Bonchev–Trinajstić information content (AvgIpc) is 3.28. The summed E-state index contributed by atoms with van der Waals surface area (Å²) < 4.78 is 9.18. The number of nitriles is 1. The van der Waals surface area contributed by atoms with Crippen molar-refractivity contribution in [3.05, 3.63) is 85.2 Å². The van der Waals surface area contributed by atoms with Crippen LogP contribution in [0.25, 0.3) is 22.2 Å². The lowest BCUT2D eigenvalue weighted by Gasteiger charge is -2.38. The smallest absolute Gasteiger partial charge is 0.329 e. The van der Waals surface area contributed by atoms with E-state index in [1.807, 2.05) is 60.6 Å². The zero-order chi connectivity index (χ0) is 33.4. The van der Waals surface area contributed by atoms with Crippen molar-refractivity contribution in [3.63, 3.8) is 0 Å². The molecule has 0 bridgehead atoms. The molecule has 1 amide bonds. The molecule has 2 aliphatic rings. The summed E-state index contributed by atoms with van der Waals surface area (Å²) in [4.78, 5) is 47.2. The Labute approximate surface area is 274 Å². The van der Waals surface area contributed by atoms with Gasteiger partial charge < -0.3 is 19.9 Å². The first-order valence-corrected chi connectivity index (χ1v) is 16.4. The Morgan fingerprint density at radius 2 is 1.81 bits per heavy atom. The molecule has 2 aromatic heterocycles. The van der Waals surface area contributed by atoms with Gasteiger partial charge >= 0.3 is 5.69 Å². The number of fused-ring (bicyclic) bond motifs is 1. The van der Waals surface area contributed by atoms with Gasteiger partial charge in [0.2, 0.25) is 0 Å². The molecule has 0 atom stereocenters. The Morgan fingerprint density at radius 3 is 2.49 bits per heavy atom. The molecule has 4 heterocycles. The van der Waals surface area contributed by atoms with E-state index in [0.29, 0.717) is 44.0 Å². The van der Waals surface area contributed by atoms with E-state index in [9.17, 15) is 14.4 Å². The molecular weight excluding hydrogens is 594 g/mol. The molecule has 246 valence electrons. The molecule has 0 saturated carbocycles. The number of aromatic amines is 1. The van der Waals surface area contributed by atoms with Crippen LogP contribution in [0.2, 0.25) is 0 Å². The molecule has 0 unspecified atom stereocenters. The number of benzene rings is 2. The number of ether oxygens (including phenoxy) is 1. The summed E-state index contributed by atoms with van der Waals surface area (Å²) in [6.45, 7) is 11.8. The van der Waals surface area contributed by atoms with Gasteiger partial charge in [0.05, 0.1) is 29.7 Å². The van der Waals surface area contributed by atoms with E-state index in [2.05, 4.69) is 34.3 Å². The van der Waals surface area contributed by atoms with Crippen LogP contribution in [0.4, 0.5) is 5.69 Å². The minimum absolute atomic E-state index is 0.0219. The summed E-state index contributed by atoms with van der Waals surface area (Å²) in [5.41, 5.74) is 7.71. The molecule has 2 aliphatic heterocycles. The Morgan fingerprint density at radius 1 is 1.06 bits per heavy atom. The molecule has 2 saturated heterocycles. The zero-order valence-electron chi connectivity index (χ0n) is 27.9. The van der Waals surface area contributed by atoms with Gasteiger partial charge in [-0.05, 0) is 93.1 Å². The summed E-state index contributed by atoms with van der Waals surface area (Å²) in [7, 11) is 1.79. The number of hydrogen-bond acceptors (Lipinski definition) is 7.